The summed E-state index contributed by atoms with van der Waals surface area (Å²) in [6.07, 6.45) is 3.80. The molecule has 0 bridgehead atoms. The van der Waals surface area contributed by atoms with Crippen LogP contribution in [-0.2, 0) is 9.53 Å². The van der Waals surface area contributed by atoms with E-state index in [1.54, 1.807) is 11.8 Å². The Morgan fingerprint density at radius 3 is 2.84 bits per heavy atom. The Morgan fingerprint density at radius 1 is 1.47 bits per heavy atom. The third-order valence-electron chi connectivity index (χ3n) is 3.80. The average Bonchev–Trinajstić information content (AvgIpc) is 2.36. The Hall–Kier alpha value is -0.610. The first kappa shape index (κ1) is 16.4. The number of nitrogens with zero attached hydrogens (tertiary/aromatic N) is 2. The van der Waals surface area contributed by atoms with Gasteiger partial charge in [0.05, 0.1) is 12.7 Å². The van der Waals surface area contributed by atoms with Crippen molar-refractivity contribution in [3.8, 4) is 0 Å². The second-order valence-electron chi connectivity index (χ2n) is 6.06. The van der Waals surface area contributed by atoms with Gasteiger partial charge in [-0.15, -0.1) is 0 Å². The molecule has 1 amide bonds. The van der Waals surface area contributed by atoms with E-state index in [0.717, 1.165) is 38.6 Å². The van der Waals surface area contributed by atoms with Crippen LogP contribution in [0.25, 0.3) is 0 Å². The van der Waals surface area contributed by atoms with Crippen molar-refractivity contribution in [1.82, 2.24) is 9.80 Å². The number of ether oxygens (including phenoxy) is 1. The summed E-state index contributed by atoms with van der Waals surface area (Å²) < 4.78 is 5.79. The molecule has 1 heterocycles. The van der Waals surface area contributed by atoms with Crippen LogP contribution in [0.3, 0.4) is 0 Å². The molecule has 1 fully saturated rings. The molecule has 0 aromatic carbocycles. The van der Waals surface area contributed by atoms with Gasteiger partial charge in [-0.05, 0) is 31.7 Å². The lowest BCUT2D eigenvalue weighted by atomic mass is 10.1. The van der Waals surface area contributed by atoms with Crippen molar-refractivity contribution in [2.24, 2.45) is 5.92 Å². The highest BCUT2D eigenvalue weighted by Crippen LogP contribution is 2.11. The van der Waals surface area contributed by atoms with E-state index in [2.05, 4.69) is 18.7 Å². The molecule has 0 aliphatic carbocycles. The molecule has 0 aromatic rings. The van der Waals surface area contributed by atoms with Gasteiger partial charge < -0.3 is 9.64 Å². The number of amides is 1. The van der Waals surface area contributed by atoms with Crippen LogP contribution in [0.5, 0.6) is 0 Å². The Morgan fingerprint density at radius 2 is 2.21 bits per heavy atom. The molecule has 1 rings (SSSR count). The molecule has 0 unspecified atom stereocenters. The van der Waals surface area contributed by atoms with E-state index in [4.69, 9.17) is 4.74 Å². The zero-order valence-corrected chi connectivity index (χ0v) is 13.0. The minimum atomic E-state index is 0.129. The van der Waals surface area contributed by atoms with Gasteiger partial charge in [0.25, 0.3) is 0 Å². The normalized spacial score (nSPS) is 20.8. The molecule has 0 radical (unpaired) electrons. The lowest BCUT2D eigenvalue weighted by molar-refractivity contribution is -0.128. The molecule has 1 saturated heterocycles. The largest absolute Gasteiger partial charge is 0.375 e. The Bertz CT molecular complexity index is 269. The standard InChI is InChI=1S/C15H30N2O2/c1-13(2)6-5-8-17-10-11-19-15(12-17)7-9-16(4)14(3)18/h13,15H,5-12H2,1-4H3/t15-/m1/s1. The lowest BCUT2D eigenvalue weighted by Crippen LogP contribution is -2.44. The molecule has 112 valence electrons. The highest BCUT2D eigenvalue weighted by Gasteiger charge is 2.20. The van der Waals surface area contributed by atoms with Gasteiger partial charge in [0, 0.05) is 33.6 Å². The third-order valence-corrected chi connectivity index (χ3v) is 3.80. The van der Waals surface area contributed by atoms with Gasteiger partial charge in [-0.1, -0.05) is 13.8 Å². The number of carbonyl (C=O) groups excluding carboxylic acids is 1. The van der Waals surface area contributed by atoms with Crippen molar-refractivity contribution >= 4 is 5.91 Å². The molecule has 0 aromatic heterocycles. The van der Waals surface area contributed by atoms with Gasteiger partial charge >= 0.3 is 0 Å². The lowest BCUT2D eigenvalue weighted by Gasteiger charge is -2.33. The van der Waals surface area contributed by atoms with Crippen molar-refractivity contribution in [1.29, 1.82) is 0 Å². The summed E-state index contributed by atoms with van der Waals surface area (Å²) in [4.78, 5) is 15.4. The molecule has 1 aliphatic heterocycles. The maximum atomic E-state index is 11.2. The summed E-state index contributed by atoms with van der Waals surface area (Å²) in [5.74, 6) is 0.922. The third kappa shape index (κ3) is 6.92. The molecular formula is C15H30N2O2. The van der Waals surface area contributed by atoms with Gasteiger partial charge in [0.1, 0.15) is 0 Å². The predicted octanol–water partition coefficient (Wildman–Crippen LogP) is 1.99. The fourth-order valence-electron chi connectivity index (χ4n) is 2.38. The second-order valence-corrected chi connectivity index (χ2v) is 6.06. The van der Waals surface area contributed by atoms with Crippen LogP contribution in [0.2, 0.25) is 0 Å². The molecule has 1 atom stereocenters. The van der Waals surface area contributed by atoms with Gasteiger partial charge in [0.2, 0.25) is 5.91 Å². The van der Waals surface area contributed by atoms with Crippen molar-refractivity contribution < 1.29 is 9.53 Å². The minimum absolute atomic E-state index is 0.129. The van der Waals surface area contributed by atoms with Crippen molar-refractivity contribution in [2.75, 3.05) is 39.8 Å². The highest BCUT2D eigenvalue weighted by atomic mass is 16.5. The smallest absolute Gasteiger partial charge is 0.219 e. The van der Waals surface area contributed by atoms with Gasteiger partial charge in [-0.3, -0.25) is 9.69 Å². The van der Waals surface area contributed by atoms with Crippen LogP contribution in [0.4, 0.5) is 0 Å². The summed E-state index contributed by atoms with van der Waals surface area (Å²) >= 11 is 0. The van der Waals surface area contributed by atoms with Crippen LogP contribution >= 0.6 is 0 Å². The molecule has 0 saturated carbocycles. The average molecular weight is 270 g/mol. The highest BCUT2D eigenvalue weighted by molar-refractivity contribution is 5.72. The van der Waals surface area contributed by atoms with E-state index in [9.17, 15) is 4.79 Å². The van der Waals surface area contributed by atoms with Gasteiger partial charge in [-0.25, -0.2) is 0 Å². The number of carbonyl (C=O) groups is 1. The SMILES string of the molecule is CC(=O)N(C)CC[C@@H]1CN(CCCC(C)C)CCO1. The summed E-state index contributed by atoms with van der Waals surface area (Å²) in [6, 6.07) is 0. The monoisotopic (exact) mass is 270 g/mol. The Balaban J connectivity index is 2.20. The molecule has 0 spiro atoms. The fraction of sp³-hybridized carbons (Fsp3) is 0.933. The van der Waals surface area contributed by atoms with Crippen LogP contribution in [0.1, 0.15) is 40.0 Å². The number of morpholine rings is 1. The van der Waals surface area contributed by atoms with Crippen LogP contribution in [-0.4, -0.2) is 61.6 Å². The number of hydrogen-bond acceptors (Lipinski definition) is 3. The van der Waals surface area contributed by atoms with Crippen LogP contribution in [0, 0.1) is 5.92 Å². The van der Waals surface area contributed by atoms with Crippen LogP contribution < -0.4 is 0 Å². The van der Waals surface area contributed by atoms with E-state index in [-0.39, 0.29) is 12.0 Å². The van der Waals surface area contributed by atoms with E-state index in [1.165, 1.54) is 19.4 Å². The van der Waals surface area contributed by atoms with Crippen molar-refractivity contribution in [3.05, 3.63) is 0 Å². The van der Waals surface area contributed by atoms with E-state index >= 15 is 0 Å². The molecule has 19 heavy (non-hydrogen) atoms. The number of hydrogen-bond donors (Lipinski definition) is 0. The zero-order valence-electron chi connectivity index (χ0n) is 13.0. The molecule has 0 N–H and O–H groups in total. The topological polar surface area (TPSA) is 32.8 Å². The maximum Gasteiger partial charge on any atom is 0.219 e. The summed E-state index contributed by atoms with van der Waals surface area (Å²) in [5.41, 5.74) is 0. The predicted molar refractivity (Wildman–Crippen MR) is 78.2 cm³/mol. The van der Waals surface area contributed by atoms with E-state index in [0.29, 0.717) is 0 Å². The zero-order chi connectivity index (χ0) is 14.3. The Labute approximate surface area is 118 Å². The molecule has 4 heteroatoms. The van der Waals surface area contributed by atoms with Gasteiger partial charge in [-0.2, -0.15) is 0 Å². The van der Waals surface area contributed by atoms with Crippen molar-refractivity contribution in [2.45, 2.75) is 46.1 Å². The Kier molecular flexibility index (Phi) is 7.39. The van der Waals surface area contributed by atoms with Crippen molar-refractivity contribution in [3.63, 3.8) is 0 Å². The summed E-state index contributed by atoms with van der Waals surface area (Å²) in [6.45, 7) is 11.0. The molecule has 4 nitrogen and oxygen atoms in total. The fourth-order valence-corrected chi connectivity index (χ4v) is 2.38. The van der Waals surface area contributed by atoms with Gasteiger partial charge in [0.15, 0.2) is 0 Å². The molecule has 1 aliphatic rings. The quantitative estimate of drug-likeness (QED) is 0.709. The molecular weight excluding hydrogens is 240 g/mol. The maximum absolute atomic E-state index is 11.2. The second kappa shape index (κ2) is 8.54. The summed E-state index contributed by atoms with van der Waals surface area (Å²) in [7, 11) is 1.85. The van der Waals surface area contributed by atoms with Crippen LogP contribution in [0.15, 0.2) is 0 Å². The summed E-state index contributed by atoms with van der Waals surface area (Å²) in [5, 5.41) is 0. The van der Waals surface area contributed by atoms with E-state index < -0.39 is 0 Å². The first-order chi connectivity index (χ1) is 8.99. The minimum Gasteiger partial charge on any atom is -0.375 e. The number of rotatable bonds is 7. The van der Waals surface area contributed by atoms with E-state index in [1.807, 2.05) is 7.05 Å². The first-order valence-electron chi connectivity index (χ1n) is 7.54. The first-order valence-corrected chi connectivity index (χ1v) is 7.54.